The molecule has 0 saturated carbocycles. The van der Waals surface area contributed by atoms with Crippen molar-refractivity contribution in [2.24, 2.45) is 0 Å². The van der Waals surface area contributed by atoms with Crippen LogP contribution in [0.5, 0.6) is 0 Å². The molecule has 2 aromatic rings. The molecule has 0 amide bonds. The van der Waals surface area contributed by atoms with Crippen LogP contribution < -0.4 is 4.90 Å². The average molecular weight is 292 g/mol. The molecule has 7 heteroatoms. The molecule has 0 spiro atoms. The Bertz CT molecular complexity index is 642. The molecule has 0 aliphatic heterocycles. The molecule has 0 atom stereocenters. The third-order valence-corrected chi connectivity index (χ3v) is 3.38. The number of imidazole rings is 1. The van der Waals surface area contributed by atoms with Crippen molar-refractivity contribution in [1.82, 2.24) is 9.55 Å². The zero-order chi connectivity index (χ0) is 15.4. The zero-order valence-electron chi connectivity index (χ0n) is 12.0. The van der Waals surface area contributed by atoms with Gasteiger partial charge < -0.3 is 9.47 Å². The molecule has 0 bridgehead atoms. The zero-order valence-corrected chi connectivity index (χ0v) is 12.0. The van der Waals surface area contributed by atoms with Crippen molar-refractivity contribution in [3.8, 4) is 0 Å². The van der Waals surface area contributed by atoms with E-state index >= 15 is 0 Å². The number of nitro benzene ring substituents is 1. The largest absolute Gasteiger partial charge is 0.369 e. The number of rotatable bonds is 6. The molecule has 0 unspecified atom stereocenters. The van der Waals surface area contributed by atoms with E-state index < -0.39 is 16.4 Å². The maximum absolute atomic E-state index is 13.6. The topological polar surface area (TPSA) is 64.2 Å². The molecule has 0 saturated heterocycles. The lowest BCUT2D eigenvalue weighted by molar-refractivity contribution is -0.386. The first-order valence-electron chi connectivity index (χ1n) is 6.62. The molecule has 21 heavy (non-hydrogen) atoms. The number of nitro groups is 1. The molecule has 112 valence electrons. The molecule has 0 fully saturated rings. The molecule has 0 radical (unpaired) electrons. The predicted molar refractivity (Wildman–Crippen MR) is 77.9 cm³/mol. The quantitative estimate of drug-likeness (QED) is 0.606. The summed E-state index contributed by atoms with van der Waals surface area (Å²) in [6, 6.07) is 4.14. The smallest absolute Gasteiger partial charge is 0.327 e. The maximum Gasteiger partial charge on any atom is 0.327 e. The van der Waals surface area contributed by atoms with Gasteiger partial charge in [0.1, 0.15) is 11.5 Å². The fourth-order valence-corrected chi connectivity index (χ4v) is 2.23. The summed E-state index contributed by atoms with van der Waals surface area (Å²) in [6.45, 7) is 3.27. The summed E-state index contributed by atoms with van der Waals surface area (Å²) in [6.07, 6.45) is 4.40. The number of hydrogen-bond acceptors (Lipinski definition) is 4. The van der Waals surface area contributed by atoms with Crippen molar-refractivity contribution < 1.29 is 9.31 Å². The van der Waals surface area contributed by atoms with Crippen LogP contribution in [0.15, 0.2) is 30.6 Å². The van der Waals surface area contributed by atoms with Gasteiger partial charge in [0.15, 0.2) is 0 Å². The van der Waals surface area contributed by atoms with E-state index in [1.807, 2.05) is 17.7 Å². The molecule has 0 aliphatic carbocycles. The molecule has 1 aromatic carbocycles. The van der Waals surface area contributed by atoms with Crippen LogP contribution in [0.4, 0.5) is 15.8 Å². The lowest BCUT2D eigenvalue weighted by Crippen LogP contribution is -2.21. The molecule has 6 nitrogen and oxygen atoms in total. The number of halogens is 1. The van der Waals surface area contributed by atoms with Gasteiger partial charge in [0.2, 0.25) is 5.82 Å². The van der Waals surface area contributed by atoms with Gasteiger partial charge in [-0.3, -0.25) is 10.1 Å². The molecular weight excluding hydrogens is 275 g/mol. The van der Waals surface area contributed by atoms with Gasteiger partial charge in [-0.1, -0.05) is 6.07 Å². The Labute approximate surface area is 122 Å². The van der Waals surface area contributed by atoms with Crippen LogP contribution in [0, 0.1) is 22.9 Å². The predicted octanol–water partition coefficient (Wildman–Crippen LogP) is 2.77. The fourth-order valence-electron chi connectivity index (χ4n) is 2.23. The van der Waals surface area contributed by atoms with Crippen molar-refractivity contribution in [2.75, 3.05) is 18.5 Å². The second-order valence-corrected chi connectivity index (χ2v) is 4.81. The molecular formula is C14H17FN4O2. The van der Waals surface area contributed by atoms with Gasteiger partial charge in [-0.05, 0) is 25.5 Å². The van der Waals surface area contributed by atoms with E-state index in [4.69, 9.17) is 0 Å². The summed E-state index contributed by atoms with van der Waals surface area (Å²) in [5.41, 5.74) is -0.179. The van der Waals surface area contributed by atoms with Gasteiger partial charge in [-0.15, -0.1) is 0 Å². The third-order valence-electron chi connectivity index (χ3n) is 3.38. The molecule has 0 aliphatic rings. The number of aromatic nitrogens is 2. The highest BCUT2D eigenvalue weighted by Gasteiger charge is 2.22. The van der Waals surface area contributed by atoms with Crippen LogP contribution in [0.2, 0.25) is 0 Å². The lowest BCUT2D eigenvalue weighted by Gasteiger charge is -2.19. The van der Waals surface area contributed by atoms with Gasteiger partial charge in [0.25, 0.3) is 0 Å². The minimum Gasteiger partial charge on any atom is -0.369 e. The second-order valence-electron chi connectivity index (χ2n) is 4.81. The molecule has 0 N–H and O–H groups in total. The first-order chi connectivity index (χ1) is 10.0. The summed E-state index contributed by atoms with van der Waals surface area (Å²) in [5.74, 6) is 0.115. The molecule has 2 rings (SSSR count). The van der Waals surface area contributed by atoms with E-state index in [-0.39, 0.29) is 0 Å². The van der Waals surface area contributed by atoms with Crippen molar-refractivity contribution in [1.29, 1.82) is 0 Å². The van der Waals surface area contributed by atoms with Crippen LogP contribution >= 0.6 is 0 Å². The summed E-state index contributed by atoms with van der Waals surface area (Å²) < 4.78 is 15.6. The molecule has 1 heterocycles. The van der Waals surface area contributed by atoms with Gasteiger partial charge in [-0.25, -0.2) is 4.98 Å². The summed E-state index contributed by atoms with van der Waals surface area (Å²) in [5, 5.41) is 11.0. The minimum atomic E-state index is -0.810. The van der Waals surface area contributed by atoms with Gasteiger partial charge in [-0.2, -0.15) is 4.39 Å². The highest BCUT2D eigenvalue weighted by Crippen LogP contribution is 2.29. The Hall–Kier alpha value is -2.44. The Balaban J connectivity index is 2.04. The van der Waals surface area contributed by atoms with E-state index in [1.165, 1.54) is 6.07 Å². The van der Waals surface area contributed by atoms with Crippen LogP contribution in [0.25, 0.3) is 0 Å². The number of anilines is 1. The summed E-state index contributed by atoms with van der Waals surface area (Å²) in [4.78, 5) is 16.1. The number of aryl methyl sites for hydroxylation is 2. The van der Waals surface area contributed by atoms with Crippen LogP contribution in [0.1, 0.15) is 12.2 Å². The normalized spacial score (nSPS) is 10.6. The van der Waals surface area contributed by atoms with E-state index in [1.54, 1.807) is 24.2 Å². The van der Waals surface area contributed by atoms with E-state index in [0.29, 0.717) is 12.2 Å². The number of benzene rings is 1. The Morgan fingerprint density at radius 1 is 1.48 bits per heavy atom. The first kappa shape index (κ1) is 15.0. The number of nitrogens with zero attached hydrogens (tertiary/aromatic N) is 4. The van der Waals surface area contributed by atoms with E-state index in [2.05, 4.69) is 4.98 Å². The van der Waals surface area contributed by atoms with Crippen LogP contribution in [0.3, 0.4) is 0 Å². The lowest BCUT2D eigenvalue weighted by atomic mass is 10.2. The summed E-state index contributed by atoms with van der Waals surface area (Å²) >= 11 is 0. The first-order valence-corrected chi connectivity index (χ1v) is 6.62. The fraction of sp³-hybridized carbons (Fsp3) is 0.357. The highest BCUT2D eigenvalue weighted by atomic mass is 19.1. The third kappa shape index (κ3) is 3.36. The Morgan fingerprint density at radius 3 is 2.86 bits per heavy atom. The van der Waals surface area contributed by atoms with Crippen molar-refractivity contribution in [3.63, 3.8) is 0 Å². The minimum absolute atomic E-state index is 0.294. The van der Waals surface area contributed by atoms with E-state index in [0.717, 1.165) is 24.9 Å². The Morgan fingerprint density at radius 2 is 2.24 bits per heavy atom. The monoisotopic (exact) mass is 292 g/mol. The van der Waals surface area contributed by atoms with E-state index in [9.17, 15) is 14.5 Å². The van der Waals surface area contributed by atoms with Crippen molar-refractivity contribution in [2.45, 2.75) is 19.9 Å². The van der Waals surface area contributed by atoms with Crippen LogP contribution in [-0.2, 0) is 6.54 Å². The van der Waals surface area contributed by atoms with Gasteiger partial charge in [0, 0.05) is 32.5 Å². The SMILES string of the molecule is Cc1nccn1CCCN(C)c1cccc(F)c1[N+](=O)[O-]. The van der Waals surface area contributed by atoms with Gasteiger partial charge in [0.05, 0.1) is 4.92 Å². The van der Waals surface area contributed by atoms with Gasteiger partial charge >= 0.3 is 5.69 Å². The Kier molecular flexibility index (Phi) is 4.52. The number of para-hydroxylation sites is 1. The maximum atomic E-state index is 13.6. The van der Waals surface area contributed by atoms with Crippen molar-refractivity contribution in [3.05, 3.63) is 52.3 Å². The summed E-state index contributed by atoms with van der Waals surface area (Å²) in [7, 11) is 1.72. The molecule has 1 aromatic heterocycles. The standard InChI is InChI=1S/C14H17FN4O2/c1-11-16-7-10-18(11)9-4-8-17(2)13-6-3-5-12(15)14(13)19(20)21/h3,5-7,10H,4,8-9H2,1-2H3. The average Bonchev–Trinajstić information content (AvgIpc) is 2.83. The van der Waals surface area contributed by atoms with Crippen LogP contribution in [-0.4, -0.2) is 28.1 Å². The number of hydrogen-bond donors (Lipinski definition) is 0. The highest BCUT2D eigenvalue weighted by molar-refractivity contribution is 5.63. The second kappa shape index (κ2) is 6.34. The van der Waals surface area contributed by atoms with Crippen molar-refractivity contribution >= 4 is 11.4 Å².